The molecule has 0 bridgehead atoms. The molecule has 1 saturated carbocycles. The molecule has 1 atom stereocenters. The van der Waals surface area contributed by atoms with Crippen molar-refractivity contribution in [3.63, 3.8) is 0 Å². The van der Waals surface area contributed by atoms with Crippen LogP contribution in [-0.2, 0) is 12.8 Å². The number of nitrogens with one attached hydrogen (secondary N) is 1. The van der Waals surface area contributed by atoms with Gasteiger partial charge in [-0.1, -0.05) is 32.8 Å². The van der Waals surface area contributed by atoms with E-state index in [1.165, 1.54) is 49.1 Å². The summed E-state index contributed by atoms with van der Waals surface area (Å²) in [5.41, 5.74) is 2.56. The molecule has 0 amide bonds. The molecule has 1 aliphatic carbocycles. The van der Waals surface area contributed by atoms with Crippen LogP contribution in [0.4, 0.5) is 0 Å². The van der Waals surface area contributed by atoms with Crippen molar-refractivity contribution in [1.29, 1.82) is 0 Å². The second kappa shape index (κ2) is 9.47. The van der Waals surface area contributed by atoms with Crippen LogP contribution in [0.3, 0.4) is 0 Å². The molecule has 0 spiro atoms. The van der Waals surface area contributed by atoms with E-state index < -0.39 is 0 Å². The van der Waals surface area contributed by atoms with Gasteiger partial charge in [-0.3, -0.25) is 4.98 Å². The molecule has 1 heterocycles. The Bertz CT molecular complexity index is 385. The van der Waals surface area contributed by atoms with Crippen molar-refractivity contribution < 1.29 is 0 Å². The molecule has 0 saturated heterocycles. The summed E-state index contributed by atoms with van der Waals surface area (Å²) in [6.07, 6.45) is 11.1. The van der Waals surface area contributed by atoms with E-state index in [4.69, 9.17) is 0 Å². The van der Waals surface area contributed by atoms with Crippen molar-refractivity contribution >= 4 is 11.8 Å². The topological polar surface area (TPSA) is 24.9 Å². The molecule has 0 aromatic carbocycles. The van der Waals surface area contributed by atoms with Crippen LogP contribution in [0.15, 0.2) is 18.3 Å². The second-order valence-corrected chi connectivity index (χ2v) is 7.44. The molecule has 0 radical (unpaired) electrons. The average molecular weight is 307 g/mol. The van der Waals surface area contributed by atoms with Crippen LogP contribution in [0, 0.1) is 0 Å². The van der Waals surface area contributed by atoms with Gasteiger partial charge in [0.1, 0.15) is 0 Å². The molecule has 2 nitrogen and oxygen atoms in total. The lowest BCUT2D eigenvalue weighted by molar-refractivity contribution is 0.544. The number of rotatable bonds is 9. The molecule has 1 unspecified atom stereocenters. The van der Waals surface area contributed by atoms with E-state index >= 15 is 0 Å². The van der Waals surface area contributed by atoms with E-state index in [0.29, 0.717) is 6.04 Å². The number of thioether (sulfide) groups is 1. The Morgan fingerprint density at radius 3 is 2.71 bits per heavy atom. The molecule has 21 heavy (non-hydrogen) atoms. The smallest absolute Gasteiger partial charge is 0.0419 e. The summed E-state index contributed by atoms with van der Waals surface area (Å²) in [4.78, 5) is 4.63. The third-order valence-electron chi connectivity index (χ3n) is 4.27. The zero-order valence-electron chi connectivity index (χ0n) is 13.6. The number of nitrogens with zero attached hydrogens (tertiary/aromatic N) is 1. The molecule has 1 aromatic heterocycles. The van der Waals surface area contributed by atoms with Crippen LogP contribution >= 0.6 is 11.8 Å². The normalized spacial score (nSPS) is 17.2. The lowest BCUT2D eigenvalue weighted by Gasteiger charge is -2.20. The lowest BCUT2D eigenvalue weighted by atomic mass is 10.1. The van der Waals surface area contributed by atoms with Gasteiger partial charge in [0.2, 0.25) is 0 Å². The van der Waals surface area contributed by atoms with E-state index in [0.717, 1.165) is 24.6 Å². The second-order valence-electron chi connectivity index (χ2n) is 6.11. The number of hydrogen-bond donors (Lipinski definition) is 1. The Kier molecular flexibility index (Phi) is 7.59. The van der Waals surface area contributed by atoms with Crippen molar-refractivity contribution in [1.82, 2.24) is 10.3 Å². The quantitative estimate of drug-likeness (QED) is 0.739. The van der Waals surface area contributed by atoms with Crippen LogP contribution in [0.1, 0.15) is 57.2 Å². The summed E-state index contributed by atoms with van der Waals surface area (Å²) < 4.78 is 0. The van der Waals surface area contributed by atoms with Gasteiger partial charge in [0.15, 0.2) is 0 Å². The first-order valence-electron chi connectivity index (χ1n) is 8.60. The zero-order valence-corrected chi connectivity index (χ0v) is 14.4. The van der Waals surface area contributed by atoms with Crippen molar-refractivity contribution in [2.24, 2.45) is 0 Å². The number of hydrogen-bond acceptors (Lipinski definition) is 3. The fourth-order valence-corrected chi connectivity index (χ4v) is 4.29. The average Bonchev–Trinajstić information content (AvgIpc) is 3.04. The third kappa shape index (κ3) is 5.99. The zero-order chi connectivity index (χ0) is 14.9. The van der Waals surface area contributed by atoms with Crippen molar-refractivity contribution in [2.45, 2.75) is 70.1 Å². The molecular formula is C18H30N2S. The van der Waals surface area contributed by atoms with Crippen LogP contribution in [0.5, 0.6) is 0 Å². The molecule has 1 aromatic rings. The minimum absolute atomic E-state index is 0.565. The Labute approximate surface area is 134 Å². The van der Waals surface area contributed by atoms with Crippen molar-refractivity contribution in [3.8, 4) is 0 Å². The van der Waals surface area contributed by atoms with Gasteiger partial charge in [-0.2, -0.15) is 11.8 Å². The van der Waals surface area contributed by atoms with Crippen molar-refractivity contribution in [3.05, 3.63) is 29.6 Å². The van der Waals surface area contributed by atoms with Gasteiger partial charge in [0.25, 0.3) is 0 Å². The predicted octanol–water partition coefficient (Wildman–Crippen LogP) is 4.23. The summed E-state index contributed by atoms with van der Waals surface area (Å²) in [7, 11) is 0. The minimum atomic E-state index is 0.565. The minimum Gasteiger partial charge on any atom is -0.313 e. The van der Waals surface area contributed by atoms with E-state index in [1.54, 1.807) is 0 Å². The largest absolute Gasteiger partial charge is 0.313 e. The Hall–Kier alpha value is -0.540. The van der Waals surface area contributed by atoms with Gasteiger partial charge < -0.3 is 5.32 Å². The first kappa shape index (κ1) is 16.8. The first-order valence-corrected chi connectivity index (χ1v) is 9.65. The van der Waals surface area contributed by atoms with Crippen LogP contribution in [-0.4, -0.2) is 28.6 Å². The van der Waals surface area contributed by atoms with Crippen LogP contribution < -0.4 is 5.32 Å². The van der Waals surface area contributed by atoms with Gasteiger partial charge in [-0.25, -0.2) is 0 Å². The Balaban J connectivity index is 1.84. The number of aryl methyl sites for hydroxylation is 1. The maximum atomic E-state index is 4.63. The maximum absolute atomic E-state index is 4.63. The molecular weight excluding hydrogens is 276 g/mol. The predicted molar refractivity (Wildman–Crippen MR) is 94.1 cm³/mol. The van der Waals surface area contributed by atoms with Gasteiger partial charge in [0.05, 0.1) is 0 Å². The molecule has 1 fully saturated rings. The highest BCUT2D eigenvalue weighted by molar-refractivity contribution is 7.99. The number of aromatic nitrogens is 1. The highest BCUT2D eigenvalue weighted by atomic mass is 32.2. The van der Waals surface area contributed by atoms with Gasteiger partial charge >= 0.3 is 0 Å². The van der Waals surface area contributed by atoms with E-state index in [-0.39, 0.29) is 0 Å². The van der Waals surface area contributed by atoms with Crippen molar-refractivity contribution in [2.75, 3.05) is 12.3 Å². The van der Waals surface area contributed by atoms with Gasteiger partial charge in [-0.05, 0) is 43.9 Å². The summed E-state index contributed by atoms with van der Waals surface area (Å²) in [6, 6.07) is 5.00. The molecule has 1 N–H and O–H groups in total. The first-order chi connectivity index (χ1) is 10.3. The number of pyridine rings is 1. The maximum Gasteiger partial charge on any atom is 0.0419 e. The monoisotopic (exact) mass is 306 g/mol. The molecule has 3 heteroatoms. The van der Waals surface area contributed by atoms with E-state index in [2.05, 4.69) is 48.0 Å². The fraction of sp³-hybridized carbons (Fsp3) is 0.722. The molecule has 1 aliphatic rings. The summed E-state index contributed by atoms with van der Waals surface area (Å²) in [5.74, 6) is 1.22. The SMILES string of the molecule is CCCNC(CSC1CCCC1)Cc1ccc(CC)cn1. The summed E-state index contributed by atoms with van der Waals surface area (Å²) in [6.45, 7) is 5.53. The fourth-order valence-electron chi connectivity index (χ4n) is 2.88. The summed E-state index contributed by atoms with van der Waals surface area (Å²) >= 11 is 2.18. The molecule has 0 aliphatic heterocycles. The molecule has 118 valence electrons. The summed E-state index contributed by atoms with van der Waals surface area (Å²) in [5, 5.41) is 4.62. The highest BCUT2D eigenvalue weighted by Crippen LogP contribution is 2.30. The molecule has 2 rings (SSSR count). The van der Waals surface area contributed by atoms with E-state index in [9.17, 15) is 0 Å². The van der Waals surface area contributed by atoms with E-state index in [1.807, 2.05) is 6.20 Å². The third-order valence-corrected chi connectivity index (χ3v) is 5.81. The van der Waals surface area contributed by atoms with Gasteiger partial charge in [-0.15, -0.1) is 0 Å². The standard InChI is InChI=1S/C18H30N2S/c1-3-11-19-17(14-21-18-7-5-6-8-18)12-16-10-9-15(4-2)13-20-16/h9-10,13,17-19H,3-8,11-12,14H2,1-2H3. The lowest BCUT2D eigenvalue weighted by Crippen LogP contribution is -2.34. The Morgan fingerprint density at radius 2 is 2.10 bits per heavy atom. The van der Waals surface area contributed by atoms with Crippen LogP contribution in [0.25, 0.3) is 0 Å². The van der Waals surface area contributed by atoms with Crippen LogP contribution in [0.2, 0.25) is 0 Å². The highest BCUT2D eigenvalue weighted by Gasteiger charge is 2.18. The Morgan fingerprint density at radius 1 is 1.29 bits per heavy atom. The van der Waals surface area contributed by atoms with Gasteiger partial charge in [0, 0.05) is 35.4 Å².